The highest BCUT2D eigenvalue weighted by molar-refractivity contribution is 5.30. The fraction of sp³-hybridized carbons (Fsp3) is 0.419. The lowest BCUT2D eigenvalue weighted by Gasteiger charge is -2.20. The summed E-state index contributed by atoms with van der Waals surface area (Å²) in [5, 5.41) is 0. The molecular weight excluding hydrogens is 420 g/mol. The summed E-state index contributed by atoms with van der Waals surface area (Å²) in [5.41, 5.74) is 3.93. The van der Waals surface area contributed by atoms with Crippen molar-refractivity contribution in [2.45, 2.75) is 59.3 Å². The summed E-state index contributed by atoms with van der Waals surface area (Å²) in [5.74, 6) is 4.22. The summed E-state index contributed by atoms with van der Waals surface area (Å²) in [7, 11) is 0. The van der Waals surface area contributed by atoms with Crippen molar-refractivity contribution in [3.63, 3.8) is 0 Å². The van der Waals surface area contributed by atoms with Gasteiger partial charge in [-0.15, -0.1) is 0 Å². The molecule has 0 N–H and O–H groups in total. The van der Waals surface area contributed by atoms with E-state index in [1.54, 1.807) is 0 Å². The molecule has 3 aromatic rings. The predicted molar refractivity (Wildman–Crippen MR) is 142 cm³/mol. The Morgan fingerprint density at radius 2 is 0.647 bits per heavy atom. The molecule has 0 amide bonds. The van der Waals surface area contributed by atoms with Crippen LogP contribution in [0, 0.1) is 5.92 Å². The SMILES string of the molecule is CC(C)c1ccc(OCC(COc2ccc(C(C)C)cc2)COc2ccc(C(C)C)cc2)cc1. The second-order valence-corrected chi connectivity index (χ2v) is 9.97. The molecule has 0 aromatic heterocycles. The first-order valence-electron chi connectivity index (χ1n) is 12.5. The molecule has 3 rings (SSSR count). The zero-order chi connectivity index (χ0) is 24.5. The van der Waals surface area contributed by atoms with Gasteiger partial charge >= 0.3 is 0 Å². The summed E-state index contributed by atoms with van der Waals surface area (Å²) in [4.78, 5) is 0. The Labute approximate surface area is 206 Å². The van der Waals surface area contributed by atoms with Crippen molar-refractivity contribution < 1.29 is 14.2 Å². The van der Waals surface area contributed by atoms with E-state index in [-0.39, 0.29) is 5.92 Å². The minimum atomic E-state index is 0.0827. The molecule has 0 aliphatic heterocycles. The summed E-state index contributed by atoms with van der Waals surface area (Å²) in [6.45, 7) is 14.7. The van der Waals surface area contributed by atoms with E-state index in [9.17, 15) is 0 Å². The molecule has 0 aliphatic carbocycles. The smallest absolute Gasteiger partial charge is 0.119 e. The third-order valence-electron chi connectivity index (χ3n) is 6.10. The van der Waals surface area contributed by atoms with E-state index in [0.29, 0.717) is 37.6 Å². The quantitative estimate of drug-likeness (QED) is 0.272. The number of hydrogen-bond donors (Lipinski definition) is 0. The van der Waals surface area contributed by atoms with Crippen LogP contribution in [0.25, 0.3) is 0 Å². The molecule has 0 atom stereocenters. The van der Waals surface area contributed by atoms with Crippen LogP contribution in [-0.4, -0.2) is 19.8 Å². The molecule has 3 nitrogen and oxygen atoms in total. The van der Waals surface area contributed by atoms with Crippen molar-refractivity contribution in [2.75, 3.05) is 19.8 Å². The van der Waals surface area contributed by atoms with E-state index in [4.69, 9.17) is 14.2 Å². The maximum absolute atomic E-state index is 6.12. The van der Waals surface area contributed by atoms with Gasteiger partial charge in [-0.05, 0) is 70.8 Å². The Kier molecular flexibility index (Phi) is 9.44. The Morgan fingerprint density at radius 1 is 0.412 bits per heavy atom. The van der Waals surface area contributed by atoms with E-state index < -0.39 is 0 Å². The lowest BCUT2D eigenvalue weighted by molar-refractivity contribution is 0.126. The molecule has 0 aliphatic rings. The lowest BCUT2D eigenvalue weighted by Crippen LogP contribution is -2.26. The molecule has 0 heterocycles. The van der Waals surface area contributed by atoms with Gasteiger partial charge in [-0.1, -0.05) is 77.9 Å². The number of benzene rings is 3. The summed E-state index contributed by atoms with van der Waals surface area (Å²) in [6, 6.07) is 25.1. The highest BCUT2D eigenvalue weighted by Crippen LogP contribution is 2.22. The standard InChI is InChI=1S/C31H40O3/c1-22(2)26-7-13-29(14-8-26)32-19-25(20-33-30-15-9-27(10-16-30)23(3)4)21-34-31-17-11-28(12-18-31)24(5)6/h7-18,22-25H,19-21H2,1-6H3. The van der Waals surface area contributed by atoms with Gasteiger partial charge in [0.05, 0.1) is 25.7 Å². The molecular formula is C31H40O3. The van der Waals surface area contributed by atoms with E-state index in [1.165, 1.54) is 16.7 Å². The first-order valence-corrected chi connectivity index (χ1v) is 12.5. The van der Waals surface area contributed by atoms with Crippen molar-refractivity contribution >= 4 is 0 Å². The molecule has 34 heavy (non-hydrogen) atoms. The summed E-state index contributed by atoms with van der Waals surface area (Å²) >= 11 is 0. The molecule has 182 valence electrons. The van der Waals surface area contributed by atoms with Gasteiger partial charge in [0.1, 0.15) is 17.2 Å². The van der Waals surface area contributed by atoms with Gasteiger partial charge in [0, 0.05) is 0 Å². The first-order chi connectivity index (χ1) is 16.3. The average Bonchev–Trinajstić information content (AvgIpc) is 2.84. The average molecular weight is 461 g/mol. The first kappa shape index (κ1) is 25.7. The number of hydrogen-bond acceptors (Lipinski definition) is 3. The topological polar surface area (TPSA) is 27.7 Å². The Hall–Kier alpha value is -2.94. The van der Waals surface area contributed by atoms with Crippen LogP contribution in [0.3, 0.4) is 0 Å². The van der Waals surface area contributed by atoms with Crippen LogP contribution in [-0.2, 0) is 0 Å². The van der Waals surface area contributed by atoms with Gasteiger partial charge in [0.15, 0.2) is 0 Å². The van der Waals surface area contributed by atoms with E-state index in [1.807, 2.05) is 36.4 Å². The molecule has 0 saturated heterocycles. The largest absolute Gasteiger partial charge is 0.493 e. The van der Waals surface area contributed by atoms with Crippen LogP contribution in [0.5, 0.6) is 17.2 Å². The number of ether oxygens (including phenoxy) is 3. The van der Waals surface area contributed by atoms with Gasteiger partial charge in [-0.25, -0.2) is 0 Å². The third kappa shape index (κ3) is 7.83. The van der Waals surface area contributed by atoms with E-state index >= 15 is 0 Å². The number of rotatable bonds is 12. The van der Waals surface area contributed by atoms with Crippen LogP contribution in [0.4, 0.5) is 0 Å². The molecule has 0 radical (unpaired) electrons. The third-order valence-corrected chi connectivity index (χ3v) is 6.10. The maximum Gasteiger partial charge on any atom is 0.119 e. The van der Waals surface area contributed by atoms with Crippen molar-refractivity contribution in [1.82, 2.24) is 0 Å². The molecule has 0 saturated carbocycles. The summed E-state index contributed by atoms with van der Waals surface area (Å²) in [6.07, 6.45) is 0. The Morgan fingerprint density at radius 3 is 0.853 bits per heavy atom. The molecule has 3 heteroatoms. The van der Waals surface area contributed by atoms with E-state index in [2.05, 4.69) is 77.9 Å². The molecule has 0 spiro atoms. The van der Waals surface area contributed by atoms with Gasteiger partial charge < -0.3 is 14.2 Å². The van der Waals surface area contributed by atoms with Crippen molar-refractivity contribution in [1.29, 1.82) is 0 Å². The zero-order valence-corrected chi connectivity index (χ0v) is 21.6. The van der Waals surface area contributed by atoms with Crippen molar-refractivity contribution in [2.24, 2.45) is 5.92 Å². The van der Waals surface area contributed by atoms with Crippen LogP contribution >= 0.6 is 0 Å². The molecule has 3 aromatic carbocycles. The second-order valence-electron chi connectivity index (χ2n) is 9.97. The highest BCUT2D eigenvalue weighted by atomic mass is 16.5. The fourth-order valence-electron chi connectivity index (χ4n) is 3.63. The molecule has 0 unspecified atom stereocenters. The minimum Gasteiger partial charge on any atom is -0.493 e. The normalized spacial score (nSPS) is 11.5. The monoisotopic (exact) mass is 460 g/mol. The Balaban J connectivity index is 1.61. The predicted octanol–water partition coefficient (Wildman–Crippen LogP) is 8.21. The van der Waals surface area contributed by atoms with Crippen molar-refractivity contribution in [3.05, 3.63) is 89.5 Å². The maximum atomic E-state index is 6.12. The van der Waals surface area contributed by atoms with Gasteiger partial charge in [0.25, 0.3) is 0 Å². The van der Waals surface area contributed by atoms with Crippen LogP contribution in [0.15, 0.2) is 72.8 Å². The molecule has 0 fully saturated rings. The van der Waals surface area contributed by atoms with Crippen LogP contribution in [0.1, 0.15) is 76.0 Å². The van der Waals surface area contributed by atoms with Gasteiger partial charge in [-0.2, -0.15) is 0 Å². The Bertz CT molecular complexity index is 839. The van der Waals surface area contributed by atoms with E-state index in [0.717, 1.165) is 17.2 Å². The van der Waals surface area contributed by atoms with Gasteiger partial charge in [-0.3, -0.25) is 0 Å². The van der Waals surface area contributed by atoms with Crippen molar-refractivity contribution in [3.8, 4) is 17.2 Å². The second kappa shape index (κ2) is 12.5. The highest BCUT2D eigenvalue weighted by Gasteiger charge is 2.14. The van der Waals surface area contributed by atoms with Crippen LogP contribution in [0.2, 0.25) is 0 Å². The molecule has 0 bridgehead atoms. The lowest BCUT2D eigenvalue weighted by atomic mass is 10.0. The zero-order valence-electron chi connectivity index (χ0n) is 21.6. The fourth-order valence-corrected chi connectivity index (χ4v) is 3.63. The summed E-state index contributed by atoms with van der Waals surface area (Å²) < 4.78 is 18.4. The van der Waals surface area contributed by atoms with Crippen LogP contribution < -0.4 is 14.2 Å². The van der Waals surface area contributed by atoms with Gasteiger partial charge in [0.2, 0.25) is 0 Å². The minimum absolute atomic E-state index is 0.0827.